The van der Waals surface area contributed by atoms with E-state index in [0.29, 0.717) is 11.4 Å². The Kier molecular flexibility index (Phi) is 8.94. The number of anilines is 1. The molecule has 3 aromatic rings. The van der Waals surface area contributed by atoms with Crippen LogP contribution in [-0.4, -0.2) is 51.9 Å². The fourth-order valence-electron chi connectivity index (χ4n) is 3.88. The summed E-state index contributed by atoms with van der Waals surface area (Å²) < 4.78 is 33.8. The maximum absolute atomic E-state index is 13.8. The second kappa shape index (κ2) is 11.9. The van der Waals surface area contributed by atoms with Crippen molar-refractivity contribution in [3.05, 3.63) is 89.5 Å². The molecule has 0 aliphatic heterocycles. The summed E-state index contributed by atoms with van der Waals surface area (Å²) in [5.74, 6) is -0.334. The lowest BCUT2D eigenvalue weighted by Crippen LogP contribution is -2.50. The van der Waals surface area contributed by atoms with Gasteiger partial charge in [-0.1, -0.05) is 42.0 Å². The van der Waals surface area contributed by atoms with Crippen LogP contribution in [0.1, 0.15) is 23.6 Å². The zero-order valence-corrected chi connectivity index (χ0v) is 22.6. The zero-order valence-electron chi connectivity index (χ0n) is 21.8. The van der Waals surface area contributed by atoms with Crippen molar-refractivity contribution >= 4 is 27.5 Å². The minimum atomic E-state index is -4.12. The van der Waals surface area contributed by atoms with Crippen LogP contribution in [0.4, 0.5) is 5.69 Å². The monoisotopic (exact) mass is 523 g/mol. The molecule has 3 aromatic carbocycles. The standard InChI is InChI=1S/C28H33N3O5S/c1-20-10-12-24(13-11-20)31(37(34,35)26-16-14-25(36-5)15-17-26)19-27(32)30(22(3)28(33)29-4)18-23-9-7-6-8-21(23)2/h6-17,22H,18-19H2,1-5H3,(H,29,33)/t22-/m0/s1. The lowest BCUT2D eigenvalue weighted by atomic mass is 10.1. The number of benzene rings is 3. The first-order valence-electron chi connectivity index (χ1n) is 11.9. The quantitative estimate of drug-likeness (QED) is 0.438. The maximum atomic E-state index is 13.8. The molecule has 8 nitrogen and oxygen atoms in total. The number of likely N-dealkylation sites (N-methyl/N-ethyl adjacent to an activating group) is 1. The first kappa shape index (κ1) is 27.7. The molecule has 9 heteroatoms. The highest BCUT2D eigenvalue weighted by Crippen LogP contribution is 2.26. The van der Waals surface area contributed by atoms with Gasteiger partial charge in [0.1, 0.15) is 18.3 Å². The Morgan fingerprint density at radius 2 is 1.57 bits per heavy atom. The van der Waals surface area contributed by atoms with Crippen LogP contribution in [0.2, 0.25) is 0 Å². The minimum absolute atomic E-state index is 0.0199. The number of ether oxygens (including phenoxy) is 1. The molecular formula is C28H33N3O5S. The molecule has 1 N–H and O–H groups in total. The highest BCUT2D eigenvalue weighted by molar-refractivity contribution is 7.92. The van der Waals surface area contributed by atoms with Crippen LogP contribution < -0.4 is 14.4 Å². The van der Waals surface area contributed by atoms with Gasteiger partial charge in [-0.05, 0) is 68.3 Å². The fraction of sp³-hybridized carbons (Fsp3) is 0.286. The van der Waals surface area contributed by atoms with E-state index in [4.69, 9.17) is 4.74 Å². The van der Waals surface area contributed by atoms with E-state index < -0.39 is 28.5 Å². The fourth-order valence-corrected chi connectivity index (χ4v) is 5.29. The van der Waals surface area contributed by atoms with E-state index in [1.807, 2.05) is 38.1 Å². The van der Waals surface area contributed by atoms with Gasteiger partial charge in [-0.3, -0.25) is 13.9 Å². The van der Waals surface area contributed by atoms with Gasteiger partial charge in [0.2, 0.25) is 11.8 Å². The predicted octanol–water partition coefficient (Wildman–Crippen LogP) is 3.67. The molecular weight excluding hydrogens is 490 g/mol. The van der Waals surface area contributed by atoms with Crippen LogP contribution in [0.3, 0.4) is 0 Å². The number of sulfonamides is 1. The number of nitrogens with one attached hydrogen (secondary N) is 1. The summed E-state index contributed by atoms with van der Waals surface area (Å²) in [4.78, 5) is 27.8. The molecule has 0 saturated heterocycles. The van der Waals surface area contributed by atoms with Crippen molar-refractivity contribution in [2.45, 2.75) is 38.3 Å². The van der Waals surface area contributed by atoms with E-state index >= 15 is 0 Å². The zero-order chi connectivity index (χ0) is 27.2. The van der Waals surface area contributed by atoms with E-state index in [1.54, 1.807) is 43.3 Å². The Morgan fingerprint density at radius 3 is 2.14 bits per heavy atom. The van der Waals surface area contributed by atoms with E-state index in [0.717, 1.165) is 21.0 Å². The van der Waals surface area contributed by atoms with Crippen LogP contribution in [0.15, 0.2) is 77.7 Å². The van der Waals surface area contributed by atoms with E-state index in [9.17, 15) is 18.0 Å². The summed E-state index contributed by atoms with van der Waals surface area (Å²) >= 11 is 0. The molecule has 0 fully saturated rings. The van der Waals surface area contributed by atoms with Gasteiger partial charge in [0.05, 0.1) is 17.7 Å². The van der Waals surface area contributed by atoms with Crippen molar-refractivity contribution in [1.82, 2.24) is 10.2 Å². The molecule has 0 heterocycles. The topological polar surface area (TPSA) is 96.0 Å². The van der Waals surface area contributed by atoms with Gasteiger partial charge in [-0.2, -0.15) is 0 Å². The van der Waals surface area contributed by atoms with Gasteiger partial charge in [-0.25, -0.2) is 8.42 Å². The molecule has 3 rings (SSSR count). The van der Waals surface area contributed by atoms with E-state index in [-0.39, 0.29) is 17.3 Å². The molecule has 0 spiro atoms. The van der Waals surface area contributed by atoms with Crippen LogP contribution in [0.25, 0.3) is 0 Å². The smallest absolute Gasteiger partial charge is 0.264 e. The second-order valence-electron chi connectivity index (χ2n) is 8.76. The average Bonchev–Trinajstić information content (AvgIpc) is 2.90. The third-order valence-corrected chi connectivity index (χ3v) is 8.05. The number of rotatable bonds is 10. The number of carbonyl (C=O) groups excluding carboxylic acids is 2. The summed E-state index contributed by atoms with van der Waals surface area (Å²) in [5, 5.41) is 2.58. The number of hydrogen-bond acceptors (Lipinski definition) is 5. The van der Waals surface area contributed by atoms with Crippen molar-refractivity contribution in [1.29, 1.82) is 0 Å². The Bertz CT molecular complexity index is 1340. The lowest BCUT2D eigenvalue weighted by Gasteiger charge is -2.32. The van der Waals surface area contributed by atoms with Gasteiger partial charge in [0.15, 0.2) is 0 Å². The summed E-state index contributed by atoms with van der Waals surface area (Å²) in [5.41, 5.74) is 3.13. The van der Waals surface area contributed by atoms with E-state index in [1.165, 1.54) is 31.2 Å². The number of aryl methyl sites for hydroxylation is 2. The number of nitrogens with zero attached hydrogens (tertiary/aromatic N) is 2. The van der Waals surface area contributed by atoms with Crippen LogP contribution >= 0.6 is 0 Å². The molecule has 196 valence electrons. The number of carbonyl (C=O) groups is 2. The molecule has 0 aliphatic carbocycles. The Balaban J connectivity index is 2.03. The Hall–Kier alpha value is -3.85. The van der Waals surface area contributed by atoms with Crippen LogP contribution in [0.5, 0.6) is 5.75 Å². The van der Waals surface area contributed by atoms with Gasteiger partial charge >= 0.3 is 0 Å². The molecule has 0 aliphatic rings. The summed E-state index contributed by atoms with van der Waals surface area (Å²) in [6, 6.07) is 19.7. The lowest BCUT2D eigenvalue weighted by molar-refractivity contribution is -0.139. The molecule has 0 saturated carbocycles. The second-order valence-corrected chi connectivity index (χ2v) is 10.6. The molecule has 1 atom stereocenters. The van der Waals surface area contributed by atoms with Crippen molar-refractivity contribution in [2.75, 3.05) is 25.0 Å². The highest BCUT2D eigenvalue weighted by atomic mass is 32.2. The summed E-state index contributed by atoms with van der Waals surface area (Å²) in [7, 11) is -1.12. The predicted molar refractivity (Wildman–Crippen MR) is 144 cm³/mol. The average molecular weight is 524 g/mol. The normalized spacial score (nSPS) is 11.9. The van der Waals surface area contributed by atoms with Gasteiger partial charge in [0, 0.05) is 13.6 Å². The molecule has 37 heavy (non-hydrogen) atoms. The van der Waals surface area contributed by atoms with Gasteiger partial charge in [-0.15, -0.1) is 0 Å². The van der Waals surface area contributed by atoms with Crippen LogP contribution in [-0.2, 0) is 26.2 Å². The molecule has 0 aromatic heterocycles. The molecule has 0 unspecified atom stereocenters. The summed E-state index contributed by atoms with van der Waals surface area (Å²) in [6.45, 7) is 5.12. The molecule has 0 radical (unpaired) electrons. The van der Waals surface area contributed by atoms with Crippen molar-refractivity contribution in [3.8, 4) is 5.75 Å². The van der Waals surface area contributed by atoms with Crippen molar-refractivity contribution in [3.63, 3.8) is 0 Å². The summed E-state index contributed by atoms with van der Waals surface area (Å²) in [6.07, 6.45) is 0. The number of hydrogen-bond donors (Lipinski definition) is 1. The van der Waals surface area contributed by atoms with Crippen molar-refractivity contribution < 1.29 is 22.7 Å². The van der Waals surface area contributed by atoms with Crippen LogP contribution in [0, 0.1) is 13.8 Å². The third-order valence-electron chi connectivity index (χ3n) is 6.26. The van der Waals surface area contributed by atoms with Crippen molar-refractivity contribution in [2.24, 2.45) is 0 Å². The minimum Gasteiger partial charge on any atom is -0.497 e. The Labute approximate surface area is 218 Å². The molecule has 2 amide bonds. The first-order chi connectivity index (χ1) is 17.6. The highest BCUT2D eigenvalue weighted by Gasteiger charge is 2.32. The first-order valence-corrected chi connectivity index (χ1v) is 13.3. The SMILES string of the molecule is CNC(=O)[C@H](C)N(Cc1ccccc1C)C(=O)CN(c1ccc(C)cc1)S(=O)(=O)c1ccc(OC)cc1. The van der Waals surface area contributed by atoms with E-state index in [2.05, 4.69) is 5.32 Å². The number of amides is 2. The van der Waals surface area contributed by atoms with Gasteiger partial charge in [0.25, 0.3) is 10.0 Å². The molecule has 0 bridgehead atoms. The third kappa shape index (κ3) is 6.48. The van der Waals surface area contributed by atoms with Gasteiger partial charge < -0.3 is 15.0 Å². The largest absolute Gasteiger partial charge is 0.497 e. The number of methoxy groups -OCH3 is 1. The Morgan fingerprint density at radius 1 is 0.946 bits per heavy atom. The maximum Gasteiger partial charge on any atom is 0.264 e.